The molecular formula is C14H26N2O4. The number of amides is 2. The number of hydrogen-bond donors (Lipinski definition) is 3. The van der Waals surface area contributed by atoms with Gasteiger partial charge in [-0.3, -0.25) is 0 Å². The van der Waals surface area contributed by atoms with Crippen LogP contribution in [0, 0.1) is 17.8 Å². The Morgan fingerprint density at radius 1 is 1.25 bits per heavy atom. The fourth-order valence-corrected chi connectivity index (χ4v) is 2.82. The first-order valence-electron chi connectivity index (χ1n) is 7.19. The highest BCUT2D eigenvalue weighted by Gasteiger charge is 2.39. The zero-order valence-corrected chi connectivity index (χ0v) is 12.7. The second-order valence-corrected chi connectivity index (χ2v) is 6.23. The number of urea groups is 1. The predicted molar refractivity (Wildman–Crippen MR) is 75.3 cm³/mol. The molecule has 2 amide bonds. The van der Waals surface area contributed by atoms with Crippen LogP contribution in [0.4, 0.5) is 4.79 Å². The molecule has 1 heterocycles. The van der Waals surface area contributed by atoms with Gasteiger partial charge in [0.1, 0.15) is 6.04 Å². The van der Waals surface area contributed by atoms with E-state index in [1.165, 1.54) is 4.90 Å². The Morgan fingerprint density at radius 3 is 2.25 bits per heavy atom. The molecule has 6 heteroatoms. The minimum Gasteiger partial charge on any atom is -0.480 e. The molecule has 0 bridgehead atoms. The van der Waals surface area contributed by atoms with Crippen molar-refractivity contribution in [1.29, 1.82) is 0 Å². The lowest BCUT2D eigenvalue weighted by Crippen LogP contribution is -2.48. The second-order valence-electron chi connectivity index (χ2n) is 6.23. The third kappa shape index (κ3) is 4.10. The van der Waals surface area contributed by atoms with E-state index in [0.29, 0.717) is 24.3 Å². The maximum absolute atomic E-state index is 12.1. The molecule has 0 spiro atoms. The first kappa shape index (κ1) is 16.8. The van der Waals surface area contributed by atoms with Crippen LogP contribution in [-0.2, 0) is 4.79 Å². The number of aliphatic hydroxyl groups is 1. The third-order valence-corrected chi connectivity index (χ3v) is 4.03. The molecule has 1 rings (SSSR count). The molecule has 0 aromatic heterocycles. The van der Waals surface area contributed by atoms with Gasteiger partial charge in [0.2, 0.25) is 0 Å². The average Bonchev–Trinajstić information content (AvgIpc) is 2.70. The Morgan fingerprint density at radius 2 is 1.80 bits per heavy atom. The topological polar surface area (TPSA) is 89.9 Å². The summed E-state index contributed by atoms with van der Waals surface area (Å²) in [7, 11) is 0. The summed E-state index contributed by atoms with van der Waals surface area (Å²) in [6.07, 6.45) is -0.659. The van der Waals surface area contributed by atoms with Gasteiger partial charge in [-0.05, 0) is 17.8 Å². The van der Waals surface area contributed by atoms with Crippen LogP contribution in [0.2, 0.25) is 0 Å². The highest BCUT2D eigenvalue weighted by atomic mass is 16.4. The van der Waals surface area contributed by atoms with E-state index in [4.69, 9.17) is 5.11 Å². The van der Waals surface area contributed by atoms with Crippen molar-refractivity contribution in [3.8, 4) is 0 Å². The number of carbonyl (C=O) groups is 2. The van der Waals surface area contributed by atoms with Crippen molar-refractivity contribution in [3.63, 3.8) is 0 Å². The maximum atomic E-state index is 12.1. The number of aliphatic carboxylic acids is 1. The van der Waals surface area contributed by atoms with E-state index in [-0.39, 0.29) is 13.0 Å². The molecule has 20 heavy (non-hydrogen) atoms. The number of aliphatic hydroxyl groups excluding tert-OH is 1. The van der Waals surface area contributed by atoms with Gasteiger partial charge in [0.05, 0.1) is 6.10 Å². The van der Waals surface area contributed by atoms with Gasteiger partial charge in [-0.15, -0.1) is 0 Å². The number of rotatable bonds is 5. The van der Waals surface area contributed by atoms with Crippen LogP contribution in [0.5, 0.6) is 0 Å². The minimum absolute atomic E-state index is 0.0802. The summed E-state index contributed by atoms with van der Waals surface area (Å²) in [6.45, 7) is 9.03. The van der Waals surface area contributed by atoms with Crippen LogP contribution in [0.25, 0.3) is 0 Å². The summed E-state index contributed by atoms with van der Waals surface area (Å²) in [5.41, 5.74) is 0. The average molecular weight is 286 g/mol. The first-order valence-corrected chi connectivity index (χ1v) is 7.19. The van der Waals surface area contributed by atoms with Crippen molar-refractivity contribution in [1.82, 2.24) is 10.2 Å². The molecule has 0 radical (unpaired) electrons. The molecule has 1 aliphatic heterocycles. The molecule has 0 unspecified atom stereocenters. The number of carboxylic acid groups (broad SMARTS) is 1. The van der Waals surface area contributed by atoms with Gasteiger partial charge in [-0.1, -0.05) is 27.7 Å². The zero-order valence-electron chi connectivity index (χ0n) is 12.7. The summed E-state index contributed by atoms with van der Waals surface area (Å²) in [6, 6.07) is -1.33. The molecule has 116 valence electrons. The van der Waals surface area contributed by atoms with Crippen molar-refractivity contribution in [2.24, 2.45) is 17.8 Å². The molecule has 0 aromatic carbocycles. The number of likely N-dealkylation sites (tertiary alicyclic amines) is 1. The van der Waals surface area contributed by atoms with Gasteiger partial charge in [0, 0.05) is 19.5 Å². The van der Waals surface area contributed by atoms with Gasteiger partial charge >= 0.3 is 12.0 Å². The molecular weight excluding hydrogens is 260 g/mol. The molecule has 3 N–H and O–H groups in total. The number of carboxylic acids is 1. The minimum atomic E-state index is -1.07. The summed E-state index contributed by atoms with van der Waals surface area (Å²) >= 11 is 0. The molecule has 0 saturated carbocycles. The van der Waals surface area contributed by atoms with Crippen LogP contribution < -0.4 is 5.32 Å². The number of nitrogens with one attached hydrogen (secondary N) is 1. The first-order chi connectivity index (χ1) is 9.23. The molecule has 0 aliphatic carbocycles. The lowest BCUT2D eigenvalue weighted by atomic mass is 9.85. The van der Waals surface area contributed by atoms with Gasteiger partial charge < -0.3 is 20.4 Å². The highest BCUT2D eigenvalue weighted by molar-refractivity contribution is 5.83. The van der Waals surface area contributed by atoms with Crippen molar-refractivity contribution in [2.75, 3.05) is 13.1 Å². The highest BCUT2D eigenvalue weighted by Crippen LogP contribution is 2.21. The Labute approximate surface area is 120 Å². The fraction of sp³-hybridized carbons (Fsp3) is 0.857. The van der Waals surface area contributed by atoms with E-state index in [1.807, 2.05) is 0 Å². The van der Waals surface area contributed by atoms with E-state index in [1.54, 1.807) is 0 Å². The molecule has 6 nitrogen and oxygen atoms in total. The normalized spacial score (nSPS) is 22.9. The van der Waals surface area contributed by atoms with E-state index >= 15 is 0 Å². The fourth-order valence-electron chi connectivity index (χ4n) is 2.82. The third-order valence-electron chi connectivity index (χ3n) is 4.03. The molecule has 0 aromatic rings. The number of hydrogen-bond acceptors (Lipinski definition) is 3. The van der Waals surface area contributed by atoms with Gasteiger partial charge in [-0.25, -0.2) is 9.59 Å². The lowest BCUT2D eigenvalue weighted by molar-refractivity contribution is -0.141. The molecule has 1 fully saturated rings. The standard InChI is InChI=1S/C14H26N2O4/c1-8(2)11(9(3)4)6-15-14(20)16-7-10(17)5-12(16)13(18)19/h8-12,17H,5-7H2,1-4H3,(H,15,20)(H,18,19)/t10-,12+/m1/s1. The van der Waals surface area contributed by atoms with Crippen molar-refractivity contribution in [3.05, 3.63) is 0 Å². The van der Waals surface area contributed by atoms with Crippen LogP contribution in [-0.4, -0.2) is 52.3 Å². The smallest absolute Gasteiger partial charge is 0.326 e. The summed E-state index contributed by atoms with van der Waals surface area (Å²) in [5, 5.41) is 21.4. The van der Waals surface area contributed by atoms with Crippen LogP contribution in [0.15, 0.2) is 0 Å². The molecule has 1 aliphatic rings. The largest absolute Gasteiger partial charge is 0.480 e. The van der Waals surface area contributed by atoms with E-state index in [2.05, 4.69) is 33.0 Å². The van der Waals surface area contributed by atoms with Crippen molar-refractivity contribution >= 4 is 12.0 Å². The summed E-state index contributed by atoms with van der Waals surface area (Å²) in [4.78, 5) is 24.4. The Balaban J connectivity index is 2.59. The Bertz CT molecular complexity index is 349. The van der Waals surface area contributed by atoms with Crippen molar-refractivity contribution < 1.29 is 19.8 Å². The van der Waals surface area contributed by atoms with E-state index in [9.17, 15) is 14.7 Å². The summed E-state index contributed by atoms with van der Waals surface area (Å²) < 4.78 is 0. The number of carbonyl (C=O) groups excluding carboxylic acids is 1. The molecule has 1 saturated heterocycles. The van der Waals surface area contributed by atoms with Gasteiger partial charge in [0.25, 0.3) is 0 Å². The van der Waals surface area contributed by atoms with Crippen molar-refractivity contribution in [2.45, 2.75) is 46.3 Å². The predicted octanol–water partition coefficient (Wildman–Crippen LogP) is 1.14. The Kier molecular flexibility index (Phi) is 5.80. The van der Waals surface area contributed by atoms with Gasteiger partial charge in [-0.2, -0.15) is 0 Å². The Hall–Kier alpha value is -1.30. The van der Waals surface area contributed by atoms with E-state index < -0.39 is 24.1 Å². The monoisotopic (exact) mass is 286 g/mol. The van der Waals surface area contributed by atoms with Crippen LogP contribution >= 0.6 is 0 Å². The lowest BCUT2D eigenvalue weighted by Gasteiger charge is -2.27. The molecule has 2 atom stereocenters. The van der Waals surface area contributed by atoms with Crippen LogP contribution in [0.1, 0.15) is 34.1 Å². The van der Waals surface area contributed by atoms with Gasteiger partial charge in [0.15, 0.2) is 0 Å². The van der Waals surface area contributed by atoms with E-state index in [0.717, 1.165) is 0 Å². The summed E-state index contributed by atoms with van der Waals surface area (Å²) in [5.74, 6) is 0.153. The maximum Gasteiger partial charge on any atom is 0.326 e. The van der Waals surface area contributed by atoms with Crippen LogP contribution in [0.3, 0.4) is 0 Å². The zero-order chi connectivity index (χ0) is 15.4. The second kappa shape index (κ2) is 6.92. The SMILES string of the molecule is CC(C)C(CNC(=O)N1C[C@H](O)C[C@H]1C(=O)O)C(C)C. The number of nitrogens with zero attached hydrogens (tertiary/aromatic N) is 1. The number of β-amino-alcohol motifs (C(OH)–C–C–N with tert-alkyl or cyclic N) is 1. The quantitative estimate of drug-likeness (QED) is 0.707.